The molecule has 0 aliphatic heterocycles. The number of nitrogens with two attached hydrogens (primary N) is 1. The minimum atomic E-state index is -0.847. The van der Waals surface area contributed by atoms with Crippen LogP contribution in [-0.2, 0) is 5.75 Å². The molecule has 2 aromatic rings. The predicted octanol–water partition coefficient (Wildman–Crippen LogP) is 4.26. The number of benzene rings is 2. The summed E-state index contributed by atoms with van der Waals surface area (Å²) in [4.78, 5) is 10.5. The van der Waals surface area contributed by atoms with E-state index >= 15 is 0 Å². The summed E-state index contributed by atoms with van der Waals surface area (Å²) in [6.45, 7) is 0. The summed E-state index contributed by atoms with van der Waals surface area (Å²) in [7, 11) is 0. The van der Waals surface area contributed by atoms with Gasteiger partial charge in [-0.25, -0.2) is 0 Å². The molecule has 2 N–H and O–H groups in total. The van der Waals surface area contributed by atoms with Crippen molar-refractivity contribution in [3.63, 3.8) is 0 Å². The van der Waals surface area contributed by atoms with Crippen molar-refractivity contribution < 1.29 is 9.31 Å². The Bertz CT molecular complexity index is 647. The van der Waals surface area contributed by atoms with Crippen LogP contribution in [0.3, 0.4) is 0 Å². The van der Waals surface area contributed by atoms with Gasteiger partial charge in [0.05, 0.1) is 9.95 Å². The zero-order chi connectivity index (χ0) is 14.7. The number of thioether (sulfide) groups is 1. The summed E-state index contributed by atoms with van der Waals surface area (Å²) < 4.78 is 13.5. The summed E-state index contributed by atoms with van der Waals surface area (Å²) in [6.07, 6.45) is 0. The van der Waals surface area contributed by atoms with Gasteiger partial charge in [-0.05, 0) is 23.8 Å². The first-order chi connectivity index (χ1) is 9.49. The molecule has 0 fully saturated rings. The fraction of sp³-hybridized carbons (Fsp3) is 0.0769. The van der Waals surface area contributed by atoms with Gasteiger partial charge in [0, 0.05) is 22.4 Å². The van der Waals surface area contributed by atoms with Gasteiger partial charge in [0.2, 0.25) is 5.82 Å². The molecule has 0 aliphatic carbocycles. The van der Waals surface area contributed by atoms with Crippen molar-refractivity contribution in [1.29, 1.82) is 0 Å². The van der Waals surface area contributed by atoms with Crippen LogP contribution in [0.5, 0.6) is 0 Å². The second kappa shape index (κ2) is 6.11. The molecule has 4 nitrogen and oxygen atoms in total. The molecule has 7 heteroatoms. The fourth-order valence-corrected chi connectivity index (χ4v) is 2.90. The molecule has 0 spiro atoms. The molecule has 104 valence electrons. The van der Waals surface area contributed by atoms with E-state index in [0.29, 0.717) is 26.9 Å². The number of hydrogen-bond acceptors (Lipinski definition) is 4. The van der Waals surface area contributed by atoms with Gasteiger partial charge in [-0.1, -0.05) is 23.7 Å². The zero-order valence-electron chi connectivity index (χ0n) is 10.2. The van der Waals surface area contributed by atoms with Gasteiger partial charge in [-0.3, -0.25) is 10.1 Å². The first-order valence-corrected chi connectivity index (χ1v) is 6.95. The smallest absolute Gasteiger partial charge is 0.304 e. The van der Waals surface area contributed by atoms with E-state index in [4.69, 9.17) is 17.3 Å². The number of rotatable bonds is 4. The van der Waals surface area contributed by atoms with Crippen molar-refractivity contribution in [1.82, 2.24) is 0 Å². The molecule has 0 aliphatic rings. The minimum absolute atomic E-state index is 0.419. The summed E-state index contributed by atoms with van der Waals surface area (Å²) in [5.74, 6) is -0.428. The molecule has 0 saturated heterocycles. The third-order valence-electron chi connectivity index (χ3n) is 2.59. The summed E-state index contributed by atoms with van der Waals surface area (Å²) in [5, 5.41) is 11.1. The van der Waals surface area contributed by atoms with Crippen molar-refractivity contribution in [3.05, 3.63) is 62.9 Å². The van der Waals surface area contributed by atoms with Crippen LogP contribution in [0, 0.1) is 15.9 Å². The van der Waals surface area contributed by atoms with E-state index in [1.165, 1.54) is 17.8 Å². The highest BCUT2D eigenvalue weighted by Crippen LogP contribution is 2.34. The van der Waals surface area contributed by atoms with E-state index in [1.807, 2.05) is 0 Å². The SMILES string of the molecule is Nc1cccc(Cl)c1SCc1ccc([N+](=O)[O-])c(F)c1. The molecule has 0 radical (unpaired) electrons. The number of halogens is 2. The van der Waals surface area contributed by atoms with Gasteiger partial charge >= 0.3 is 5.69 Å². The Balaban J connectivity index is 2.16. The quantitative estimate of drug-likeness (QED) is 0.396. The van der Waals surface area contributed by atoms with Gasteiger partial charge in [0.15, 0.2) is 0 Å². The maximum Gasteiger partial charge on any atom is 0.304 e. The van der Waals surface area contributed by atoms with Crippen LogP contribution >= 0.6 is 23.4 Å². The first kappa shape index (κ1) is 14.6. The normalized spacial score (nSPS) is 10.5. The molecule has 0 unspecified atom stereocenters. The molecule has 20 heavy (non-hydrogen) atoms. The first-order valence-electron chi connectivity index (χ1n) is 5.58. The lowest BCUT2D eigenvalue weighted by Gasteiger charge is -2.07. The van der Waals surface area contributed by atoms with Crippen LogP contribution < -0.4 is 5.73 Å². The van der Waals surface area contributed by atoms with Crippen molar-refractivity contribution >= 4 is 34.7 Å². The van der Waals surface area contributed by atoms with Crippen LogP contribution in [-0.4, -0.2) is 4.92 Å². The highest BCUT2D eigenvalue weighted by atomic mass is 35.5. The van der Waals surface area contributed by atoms with E-state index in [2.05, 4.69) is 0 Å². The molecular weight excluding hydrogens is 303 g/mol. The molecule has 2 aromatic carbocycles. The monoisotopic (exact) mass is 312 g/mol. The van der Waals surface area contributed by atoms with Gasteiger partial charge in [0.25, 0.3) is 0 Å². The average Bonchev–Trinajstić information content (AvgIpc) is 2.37. The van der Waals surface area contributed by atoms with Gasteiger partial charge in [-0.2, -0.15) is 4.39 Å². The Morgan fingerprint density at radius 2 is 2.10 bits per heavy atom. The lowest BCUT2D eigenvalue weighted by Crippen LogP contribution is -1.94. The van der Waals surface area contributed by atoms with Gasteiger partial charge in [-0.15, -0.1) is 11.8 Å². The topological polar surface area (TPSA) is 69.2 Å². The number of nitro groups is 1. The van der Waals surface area contributed by atoms with Gasteiger partial charge in [0.1, 0.15) is 0 Å². The number of nitrogen functional groups attached to an aromatic ring is 1. The van der Waals surface area contributed by atoms with Crippen molar-refractivity contribution in [3.8, 4) is 0 Å². The van der Waals surface area contributed by atoms with Crippen LogP contribution in [0.4, 0.5) is 15.8 Å². The number of hydrogen-bond donors (Lipinski definition) is 1. The fourth-order valence-electron chi connectivity index (χ4n) is 1.62. The second-order valence-electron chi connectivity index (χ2n) is 3.99. The van der Waals surface area contributed by atoms with Crippen molar-refractivity contribution in [2.75, 3.05) is 5.73 Å². The summed E-state index contributed by atoms with van der Waals surface area (Å²) in [6, 6.07) is 9.01. The molecule has 0 atom stereocenters. The Morgan fingerprint density at radius 1 is 1.35 bits per heavy atom. The maximum absolute atomic E-state index is 13.5. The van der Waals surface area contributed by atoms with Crippen LogP contribution in [0.25, 0.3) is 0 Å². The Morgan fingerprint density at radius 3 is 2.70 bits per heavy atom. The standard InChI is InChI=1S/C13H10ClFN2O2S/c14-9-2-1-3-11(16)13(9)20-7-8-4-5-12(17(18)19)10(15)6-8/h1-6H,7,16H2. The number of anilines is 1. The lowest BCUT2D eigenvalue weighted by molar-refractivity contribution is -0.387. The molecule has 0 bridgehead atoms. The Hall–Kier alpha value is -1.79. The Labute approximate surface area is 123 Å². The highest BCUT2D eigenvalue weighted by molar-refractivity contribution is 7.98. The zero-order valence-corrected chi connectivity index (χ0v) is 11.7. The molecular formula is C13H10ClFN2O2S. The van der Waals surface area contributed by atoms with Crippen LogP contribution in [0.1, 0.15) is 5.56 Å². The minimum Gasteiger partial charge on any atom is -0.398 e. The number of nitrogens with zero attached hydrogens (tertiary/aromatic N) is 1. The lowest BCUT2D eigenvalue weighted by atomic mass is 10.2. The average molecular weight is 313 g/mol. The van der Waals surface area contributed by atoms with Gasteiger partial charge < -0.3 is 5.73 Å². The van der Waals surface area contributed by atoms with E-state index in [0.717, 1.165) is 12.1 Å². The molecule has 0 saturated carbocycles. The third kappa shape index (κ3) is 3.20. The molecule has 0 aromatic heterocycles. The van der Waals surface area contributed by atoms with E-state index in [9.17, 15) is 14.5 Å². The van der Waals surface area contributed by atoms with E-state index in [-0.39, 0.29) is 0 Å². The van der Waals surface area contributed by atoms with Crippen LogP contribution in [0.15, 0.2) is 41.3 Å². The molecule has 2 rings (SSSR count). The second-order valence-corrected chi connectivity index (χ2v) is 5.38. The predicted molar refractivity (Wildman–Crippen MR) is 78.5 cm³/mol. The Kier molecular flexibility index (Phi) is 4.46. The van der Waals surface area contributed by atoms with Crippen molar-refractivity contribution in [2.24, 2.45) is 0 Å². The van der Waals surface area contributed by atoms with E-state index < -0.39 is 16.4 Å². The largest absolute Gasteiger partial charge is 0.398 e. The van der Waals surface area contributed by atoms with Crippen molar-refractivity contribution in [2.45, 2.75) is 10.6 Å². The summed E-state index contributed by atoms with van der Waals surface area (Å²) >= 11 is 7.39. The molecule has 0 heterocycles. The summed E-state index contributed by atoms with van der Waals surface area (Å²) in [5.41, 5.74) is 6.45. The molecule has 0 amide bonds. The van der Waals surface area contributed by atoms with Crippen LogP contribution in [0.2, 0.25) is 5.02 Å². The number of nitro benzene ring substituents is 1. The highest BCUT2D eigenvalue weighted by Gasteiger charge is 2.14. The third-order valence-corrected chi connectivity index (χ3v) is 4.24. The maximum atomic E-state index is 13.5. The van der Waals surface area contributed by atoms with E-state index in [1.54, 1.807) is 18.2 Å².